The predicted molar refractivity (Wildman–Crippen MR) is 93.1 cm³/mol. The fraction of sp³-hybridized carbons (Fsp3) is 0.611. The number of nitrogens with one attached hydrogen (secondary N) is 1. The van der Waals surface area contributed by atoms with E-state index in [2.05, 4.69) is 28.4 Å². The number of aliphatic hydroxyl groups is 1. The zero-order valence-corrected chi connectivity index (χ0v) is 14.7. The van der Waals surface area contributed by atoms with Crippen molar-refractivity contribution in [1.29, 1.82) is 0 Å². The summed E-state index contributed by atoms with van der Waals surface area (Å²) in [6, 6.07) is 6.27. The standard InChI is InChI=1S/C18H27N3O3/c1-18(2,3)24-17(23)21-8-6-20(7-9-21)14-5-4-13-11-19-12-16(22)15(13)10-14/h4-5,10,16,19,22H,6-9,11-12H2,1-3H3. The molecule has 1 aromatic carbocycles. The average molecular weight is 333 g/mol. The van der Waals surface area contributed by atoms with E-state index in [-0.39, 0.29) is 6.09 Å². The van der Waals surface area contributed by atoms with Crippen LogP contribution in [-0.2, 0) is 11.3 Å². The van der Waals surface area contributed by atoms with Crippen LogP contribution in [0.25, 0.3) is 0 Å². The summed E-state index contributed by atoms with van der Waals surface area (Å²) >= 11 is 0. The van der Waals surface area contributed by atoms with Crippen molar-refractivity contribution in [2.45, 2.75) is 39.0 Å². The lowest BCUT2D eigenvalue weighted by Gasteiger charge is -2.37. The Morgan fingerprint density at radius 2 is 1.96 bits per heavy atom. The van der Waals surface area contributed by atoms with Crippen molar-refractivity contribution < 1.29 is 14.6 Å². The molecule has 1 amide bonds. The van der Waals surface area contributed by atoms with Crippen molar-refractivity contribution in [3.8, 4) is 0 Å². The third-order valence-electron chi connectivity index (χ3n) is 4.44. The average Bonchev–Trinajstić information content (AvgIpc) is 2.53. The lowest BCUT2D eigenvalue weighted by atomic mass is 9.97. The minimum absolute atomic E-state index is 0.242. The number of fused-ring (bicyclic) bond motifs is 1. The van der Waals surface area contributed by atoms with Gasteiger partial charge >= 0.3 is 6.09 Å². The zero-order chi connectivity index (χ0) is 17.3. The number of hydrogen-bond acceptors (Lipinski definition) is 5. The third kappa shape index (κ3) is 3.82. The summed E-state index contributed by atoms with van der Waals surface area (Å²) in [5.74, 6) is 0. The molecule has 6 heteroatoms. The van der Waals surface area contributed by atoms with Crippen LogP contribution in [0, 0.1) is 0 Å². The number of ether oxygens (including phenoxy) is 1. The maximum absolute atomic E-state index is 12.1. The molecule has 24 heavy (non-hydrogen) atoms. The van der Waals surface area contributed by atoms with Gasteiger partial charge < -0.3 is 25.0 Å². The van der Waals surface area contributed by atoms with Crippen LogP contribution < -0.4 is 10.2 Å². The fourth-order valence-corrected chi connectivity index (χ4v) is 3.18. The molecule has 2 aliphatic heterocycles. The second-order valence-electron chi connectivity index (χ2n) is 7.48. The first-order chi connectivity index (χ1) is 11.3. The van der Waals surface area contributed by atoms with Gasteiger partial charge in [-0.1, -0.05) is 6.07 Å². The van der Waals surface area contributed by atoms with Gasteiger partial charge in [0.15, 0.2) is 0 Å². The SMILES string of the molecule is CC(C)(C)OC(=O)N1CCN(c2ccc3c(c2)C(O)CNC3)CC1. The Morgan fingerprint density at radius 3 is 2.62 bits per heavy atom. The number of carbonyl (C=O) groups is 1. The number of benzene rings is 1. The maximum Gasteiger partial charge on any atom is 0.410 e. The highest BCUT2D eigenvalue weighted by Crippen LogP contribution is 2.27. The van der Waals surface area contributed by atoms with Crippen molar-refractivity contribution in [2.24, 2.45) is 0 Å². The predicted octanol–water partition coefficient (Wildman–Crippen LogP) is 1.88. The zero-order valence-electron chi connectivity index (χ0n) is 14.7. The molecule has 2 heterocycles. The fourth-order valence-electron chi connectivity index (χ4n) is 3.18. The number of amides is 1. The van der Waals surface area contributed by atoms with Crippen LogP contribution in [0.3, 0.4) is 0 Å². The summed E-state index contributed by atoms with van der Waals surface area (Å²) < 4.78 is 5.44. The van der Waals surface area contributed by atoms with Crippen molar-refractivity contribution in [3.05, 3.63) is 29.3 Å². The molecule has 132 valence electrons. The second-order valence-corrected chi connectivity index (χ2v) is 7.48. The van der Waals surface area contributed by atoms with E-state index in [1.54, 1.807) is 4.90 Å². The number of anilines is 1. The number of hydrogen-bond donors (Lipinski definition) is 2. The molecule has 1 saturated heterocycles. The number of β-amino-alcohol motifs (C(OH)–C–C–N with tert-alkyl or cyclic N) is 1. The van der Waals surface area contributed by atoms with E-state index >= 15 is 0 Å². The number of nitrogens with zero attached hydrogens (tertiary/aromatic N) is 2. The lowest BCUT2D eigenvalue weighted by molar-refractivity contribution is 0.0240. The lowest BCUT2D eigenvalue weighted by Crippen LogP contribution is -2.50. The molecule has 1 unspecified atom stereocenters. The van der Waals surface area contributed by atoms with Gasteiger partial charge in [-0.2, -0.15) is 0 Å². The molecule has 2 aliphatic rings. The van der Waals surface area contributed by atoms with E-state index in [4.69, 9.17) is 4.74 Å². The smallest absolute Gasteiger partial charge is 0.410 e. The number of piperazine rings is 1. The van der Waals surface area contributed by atoms with Crippen LogP contribution >= 0.6 is 0 Å². The highest BCUT2D eigenvalue weighted by molar-refractivity contribution is 5.68. The highest BCUT2D eigenvalue weighted by Gasteiger charge is 2.26. The Labute approximate surface area is 143 Å². The summed E-state index contributed by atoms with van der Waals surface area (Å²) in [4.78, 5) is 16.2. The van der Waals surface area contributed by atoms with E-state index in [1.165, 1.54) is 0 Å². The summed E-state index contributed by atoms with van der Waals surface area (Å²) in [6.07, 6.45) is -0.689. The molecule has 0 radical (unpaired) electrons. The van der Waals surface area contributed by atoms with E-state index in [0.29, 0.717) is 19.6 Å². The Morgan fingerprint density at radius 1 is 1.25 bits per heavy atom. The van der Waals surface area contributed by atoms with Gasteiger partial charge in [0.05, 0.1) is 6.10 Å². The molecule has 6 nitrogen and oxygen atoms in total. The topological polar surface area (TPSA) is 65.0 Å². The van der Waals surface area contributed by atoms with Crippen LogP contribution in [0.1, 0.15) is 38.0 Å². The van der Waals surface area contributed by atoms with Crippen LogP contribution in [0.4, 0.5) is 10.5 Å². The summed E-state index contributed by atoms with van der Waals surface area (Å²) in [5.41, 5.74) is 2.82. The van der Waals surface area contributed by atoms with Crippen molar-refractivity contribution in [1.82, 2.24) is 10.2 Å². The largest absolute Gasteiger partial charge is 0.444 e. The van der Waals surface area contributed by atoms with Crippen LogP contribution in [0.5, 0.6) is 0 Å². The summed E-state index contributed by atoms with van der Waals surface area (Å²) in [7, 11) is 0. The Kier molecular flexibility index (Phi) is 4.69. The number of aliphatic hydroxyl groups excluding tert-OH is 1. The highest BCUT2D eigenvalue weighted by atomic mass is 16.6. The van der Waals surface area contributed by atoms with Crippen LogP contribution in [0.15, 0.2) is 18.2 Å². The van der Waals surface area contributed by atoms with Crippen molar-refractivity contribution in [3.63, 3.8) is 0 Å². The van der Waals surface area contributed by atoms with Gasteiger partial charge in [-0.05, 0) is 44.0 Å². The maximum atomic E-state index is 12.1. The minimum atomic E-state index is -0.461. The quantitative estimate of drug-likeness (QED) is 0.821. The minimum Gasteiger partial charge on any atom is -0.444 e. The Balaban J connectivity index is 1.63. The van der Waals surface area contributed by atoms with E-state index in [0.717, 1.165) is 36.4 Å². The Bertz CT molecular complexity index is 604. The summed E-state index contributed by atoms with van der Waals surface area (Å²) in [5, 5.41) is 13.4. The van der Waals surface area contributed by atoms with Gasteiger partial charge in [-0.15, -0.1) is 0 Å². The van der Waals surface area contributed by atoms with Gasteiger partial charge in [-0.25, -0.2) is 4.79 Å². The first-order valence-corrected chi connectivity index (χ1v) is 8.58. The third-order valence-corrected chi connectivity index (χ3v) is 4.44. The van der Waals surface area contributed by atoms with Gasteiger partial charge in [0.25, 0.3) is 0 Å². The van der Waals surface area contributed by atoms with Crippen LogP contribution in [-0.4, -0.2) is 54.4 Å². The molecule has 0 aromatic heterocycles. The molecular weight excluding hydrogens is 306 g/mol. The molecule has 0 saturated carbocycles. The molecule has 3 rings (SSSR count). The molecule has 1 aromatic rings. The normalized spacial score (nSPS) is 21.4. The molecular formula is C18H27N3O3. The number of carbonyl (C=O) groups excluding carboxylic acids is 1. The molecule has 0 aliphatic carbocycles. The molecule has 0 bridgehead atoms. The monoisotopic (exact) mass is 333 g/mol. The van der Waals surface area contributed by atoms with Crippen LogP contribution in [0.2, 0.25) is 0 Å². The first kappa shape index (κ1) is 17.0. The van der Waals surface area contributed by atoms with Crippen molar-refractivity contribution >= 4 is 11.8 Å². The molecule has 1 atom stereocenters. The second kappa shape index (κ2) is 6.61. The molecule has 1 fully saturated rings. The van der Waals surface area contributed by atoms with Gasteiger partial charge in [0.1, 0.15) is 5.60 Å². The van der Waals surface area contributed by atoms with E-state index < -0.39 is 11.7 Å². The van der Waals surface area contributed by atoms with Gasteiger partial charge in [0, 0.05) is 45.0 Å². The Hall–Kier alpha value is -1.79. The van der Waals surface area contributed by atoms with Gasteiger partial charge in [-0.3, -0.25) is 0 Å². The summed E-state index contributed by atoms with van der Waals surface area (Å²) in [6.45, 7) is 9.89. The molecule has 0 spiro atoms. The van der Waals surface area contributed by atoms with E-state index in [9.17, 15) is 9.90 Å². The van der Waals surface area contributed by atoms with Crippen molar-refractivity contribution in [2.75, 3.05) is 37.6 Å². The number of rotatable bonds is 1. The van der Waals surface area contributed by atoms with Gasteiger partial charge in [0.2, 0.25) is 0 Å². The first-order valence-electron chi connectivity index (χ1n) is 8.58. The molecule has 2 N–H and O–H groups in total. The van der Waals surface area contributed by atoms with E-state index in [1.807, 2.05) is 20.8 Å².